The lowest BCUT2D eigenvalue weighted by molar-refractivity contribution is 0.368. The average molecular weight is 308 g/mol. The summed E-state index contributed by atoms with van der Waals surface area (Å²) in [7, 11) is -3.44. The van der Waals surface area contributed by atoms with Gasteiger partial charge in [0.15, 0.2) is 0 Å². The van der Waals surface area contributed by atoms with Crippen LogP contribution in [0.3, 0.4) is 0 Å². The van der Waals surface area contributed by atoms with E-state index in [0.717, 1.165) is 0 Å². The van der Waals surface area contributed by atoms with E-state index in [1.54, 1.807) is 42.0 Å². The number of nitrogens with zero attached hydrogens (tertiary/aromatic N) is 1. The normalized spacial score (nSPS) is 10.6. The molecule has 0 fully saturated rings. The summed E-state index contributed by atoms with van der Waals surface area (Å²) < 4.78 is 31.5. The van der Waals surface area contributed by atoms with Crippen molar-refractivity contribution >= 4 is 21.4 Å². The van der Waals surface area contributed by atoms with Crippen LogP contribution < -0.4 is 9.46 Å². The van der Waals surface area contributed by atoms with Crippen LogP contribution in [0.25, 0.3) is 0 Å². The molecule has 0 aromatic carbocycles. The SMILES string of the molecule is O=S(=O)(NCC#CCOc1cccnc1)c1cccs1. The number of hydrogen-bond donors (Lipinski definition) is 1. The predicted molar refractivity (Wildman–Crippen MR) is 77.0 cm³/mol. The molecule has 0 spiro atoms. The maximum absolute atomic E-state index is 11.7. The zero-order valence-corrected chi connectivity index (χ0v) is 12.1. The standard InChI is InChI=1S/C13H12N2O3S2/c16-20(17,13-6-4-10-19-13)15-8-1-2-9-18-12-5-3-7-14-11-12/h3-7,10-11,15H,8-9H2. The topological polar surface area (TPSA) is 68.3 Å². The summed E-state index contributed by atoms with van der Waals surface area (Å²) in [6.07, 6.45) is 3.24. The Morgan fingerprint density at radius 2 is 2.20 bits per heavy atom. The number of nitrogens with one attached hydrogen (secondary N) is 1. The molecule has 0 saturated carbocycles. The molecule has 2 heterocycles. The van der Waals surface area contributed by atoms with Crippen LogP contribution in [-0.2, 0) is 10.0 Å². The summed E-state index contributed by atoms with van der Waals surface area (Å²) in [5.74, 6) is 6.05. The number of aromatic nitrogens is 1. The van der Waals surface area contributed by atoms with Gasteiger partial charge in [-0.1, -0.05) is 17.9 Å². The van der Waals surface area contributed by atoms with Gasteiger partial charge in [0.05, 0.1) is 12.7 Å². The molecular formula is C13H12N2O3S2. The van der Waals surface area contributed by atoms with E-state index in [-0.39, 0.29) is 17.4 Å². The lowest BCUT2D eigenvalue weighted by atomic mass is 10.5. The highest BCUT2D eigenvalue weighted by atomic mass is 32.2. The Bertz CT molecular complexity index is 686. The smallest absolute Gasteiger partial charge is 0.250 e. The summed E-state index contributed by atoms with van der Waals surface area (Å²) >= 11 is 1.17. The van der Waals surface area contributed by atoms with Gasteiger partial charge in [0, 0.05) is 6.20 Å². The number of pyridine rings is 1. The van der Waals surface area contributed by atoms with E-state index in [1.165, 1.54) is 11.3 Å². The van der Waals surface area contributed by atoms with Gasteiger partial charge in [0.2, 0.25) is 0 Å². The zero-order chi connectivity index (χ0) is 14.3. The Labute approximate surface area is 121 Å². The molecule has 2 rings (SSSR count). The van der Waals surface area contributed by atoms with Crippen molar-refractivity contribution in [3.05, 3.63) is 42.0 Å². The van der Waals surface area contributed by atoms with E-state index in [4.69, 9.17) is 4.74 Å². The summed E-state index contributed by atoms with van der Waals surface area (Å²) in [4.78, 5) is 3.90. The Balaban J connectivity index is 1.76. The number of ether oxygens (including phenoxy) is 1. The Hall–Kier alpha value is -1.88. The molecule has 0 aliphatic heterocycles. The summed E-state index contributed by atoms with van der Waals surface area (Å²) in [5, 5.41) is 1.71. The number of hydrogen-bond acceptors (Lipinski definition) is 5. The number of rotatable bonds is 5. The third-order valence-electron chi connectivity index (χ3n) is 2.18. The van der Waals surface area contributed by atoms with Crippen molar-refractivity contribution in [2.24, 2.45) is 0 Å². The minimum absolute atomic E-state index is 0.0522. The maximum atomic E-state index is 11.7. The van der Waals surface area contributed by atoms with E-state index in [2.05, 4.69) is 21.5 Å². The molecular weight excluding hydrogens is 296 g/mol. The molecule has 0 bridgehead atoms. The highest BCUT2D eigenvalue weighted by Crippen LogP contribution is 2.14. The molecule has 5 nitrogen and oxygen atoms in total. The van der Waals surface area contributed by atoms with Gasteiger partial charge >= 0.3 is 0 Å². The molecule has 0 unspecified atom stereocenters. The highest BCUT2D eigenvalue weighted by Gasteiger charge is 2.12. The van der Waals surface area contributed by atoms with Crippen LogP contribution >= 0.6 is 11.3 Å². The fourth-order valence-corrected chi connectivity index (χ4v) is 3.24. The molecule has 0 aliphatic carbocycles. The Kier molecular flexibility index (Phi) is 5.12. The van der Waals surface area contributed by atoms with Gasteiger partial charge < -0.3 is 4.74 Å². The van der Waals surface area contributed by atoms with E-state index >= 15 is 0 Å². The second kappa shape index (κ2) is 7.05. The first kappa shape index (κ1) is 14.5. The first-order chi connectivity index (χ1) is 9.68. The lowest BCUT2D eigenvalue weighted by Crippen LogP contribution is -2.23. The largest absolute Gasteiger partial charge is 0.479 e. The van der Waals surface area contributed by atoms with Crippen molar-refractivity contribution in [2.45, 2.75) is 4.21 Å². The quantitative estimate of drug-likeness (QED) is 0.850. The van der Waals surface area contributed by atoms with Crippen LogP contribution in [0.1, 0.15) is 0 Å². The monoisotopic (exact) mass is 308 g/mol. The zero-order valence-electron chi connectivity index (χ0n) is 10.4. The van der Waals surface area contributed by atoms with Gasteiger partial charge in [0.25, 0.3) is 10.0 Å². The molecule has 20 heavy (non-hydrogen) atoms. The lowest BCUT2D eigenvalue weighted by Gasteiger charge is -2.00. The summed E-state index contributed by atoms with van der Waals surface area (Å²) in [5.41, 5.74) is 0. The number of sulfonamides is 1. The third-order valence-corrected chi connectivity index (χ3v) is 4.98. The average Bonchev–Trinajstić information content (AvgIpc) is 2.99. The van der Waals surface area contributed by atoms with Crippen molar-refractivity contribution in [1.82, 2.24) is 9.71 Å². The first-order valence-electron chi connectivity index (χ1n) is 5.70. The Morgan fingerprint density at radius 3 is 2.90 bits per heavy atom. The fraction of sp³-hybridized carbons (Fsp3) is 0.154. The second-order valence-electron chi connectivity index (χ2n) is 3.59. The molecule has 0 saturated heterocycles. The van der Waals surface area contributed by atoms with Crippen molar-refractivity contribution in [3.8, 4) is 17.6 Å². The van der Waals surface area contributed by atoms with Crippen molar-refractivity contribution in [1.29, 1.82) is 0 Å². The molecule has 7 heteroatoms. The molecule has 1 N–H and O–H groups in total. The third kappa shape index (κ3) is 4.35. The van der Waals surface area contributed by atoms with Gasteiger partial charge in [-0.15, -0.1) is 11.3 Å². The van der Waals surface area contributed by atoms with Crippen molar-refractivity contribution in [3.63, 3.8) is 0 Å². The molecule has 0 atom stereocenters. The minimum Gasteiger partial charge on any atom is -0.479 e. The number of thiophene rings is 1. The van der Waals surface area contributed by atoms with Crippen molar-refractivity contribution in [2.75, 3.05) is 13.2 Å². The van der Waals surface area contributed by atoms with Gasteiger partial charge in [-0.05, 0) is 23.6 Å². The van der Waals surface area contributed by atoms with Gasteiger partial charge in [-0.2, -0.15) is 4.72 Å². The molecule has 0 aliphatic rings. The van der Waals surface area contributed by atoms with Gasteiger partial charge in [0.1, 0.15) is 16.6 Å². The van der Waals surface area contributed by atoms with E-state index in [1.807, 2.05) is 0 Å². The molecule has 0 amide bonds. The molecule has 0 radical (unpaired) electrons. The van der Waals surface area contributed by atoms with E-state index < -0.39 is 10.0 Å². The van der Waals surface area contributed by atoms with Crippen LogP contribution in [0.5, 0.6) is 5.75 Å². The summed E-state index contributed by atoms with van der Waals surface area (Å²) in [6.45, 7) is 0.239. The highest BCUT2D eigenvalue weighted by molar-refractivity contribution is 7.91. The second-order valence-corrected chi connectivity index (χ2v) is 6.53. The van der Waals surface area contributed by atoms with E-state index in [9.17, 15) is 8.42 Å². The van der Waals surface area contributed by atoms with Crippen molar-refractivity contribution < 1.29 is 13.2 Å². The minimum atomic E-state index is -3.44. The fourth-order valence-electron chi connectivity index (χ4n) is 1.28. The summed E-state index contributed by atoms with van der Waals surface area (Å²) in [6, 6.07) is 6.77. The molecule has 2 aromatic heterocycles. The molecule has 2 aromatic rings. The van der Waals surface area contributed by atoms with Gasteiger partial charge in [-0.3, -0.25) is 4.98 Å². The van der Waals surface area contributed by atoms with Crippen LogP contribution in [0.4, 0.5) is 0 Å². The van der Waals surface area contributed by atoms with Crippen LogP contribution in [0.2, 0.25) is 0 Å². The van der Waals surface area contributed by atoms with E-state index in [0.29, 0.717) is 5.75 Å². The maximum Gasteiger partial charge on any atom is 0.250 e. The Morgan fingerprint density at radius 1 is 1.30 bits per heavy atom. The van der Waals surface area contributed by atoms with Gasteiger partial charge in [-0.25, -0.2) is 8.42 Å². The predicted octanol–water partition coefficient (Wildman–Crippen LogP) is 1.50. The first-order valence-corrected chi connectivity index (χ1v) is 8.06. The van der Waals surface area contributed by atoms with Crippen LogP contribution in [0, 0.1) is 11.8 Å². The van der Waals surface area contributed by atoms with Crippen LogP contribution in [-0.4, -0.2) is 26.6 Å². The molecule has 104 valence electrons. The van der Waals surface area contributed by atoms with Crippen LogP contribution in [0.15, 0.2) is 46.2 Å².